The molecule has 2 aromatic carbocycles. The largest absolute Gasteiger partial charge is 0.457 e. The van der Waals surface area contributed by atoms with Crippen LogP contribution in [0.5, 0.6) is 11.5 Å². The van der Waals surface area contributed by atoms with Gasteiger partial charge in [-0.05, 0) is 42.8 Å². The number of fused-ring (bicyclic) bond motifs is 1. The molecule has 0 saturated carbocycles. The summed E-state index contributed by atoms with van der Waals surface area (Å²) in [5.41, 5.74) is 8.51. The van der Waals surface area contributed by atoms with Crippen LogP contribution in [0, 0.1) is 0 Å². The first kappa shape index (κ1) is 23.2. The average Bonchev–Trinajstić information content (AvgIpc) is 3.23. The zero-order valence-electron chi connectivity index (χ0n) is 19.0. The third-order valence-electron chi connectivity index (χ3n) is 5.37. The summed E-state index contributed by atoms with van der Waals surface area (Å²) >= 11 is 0. The molecular formula is C25H28N6O3. The standard InChI is InChI=1S/C25H28N6O3/c1-18(33)30(14-13-27-12-5-15-32)31-16-22(23-24(26)28-17-29-25(23)31)19-8-10-21(11-9-19)34-20-6-3-2-4-7-20/h2-4,6-11,16-17,27,32H,5,12-15H2,1H3,(H2,26,28,29). The number of nitrogens with zero attached hydrogens (tertiary/aromatic N) is 4. The number of benzene rings is 2. The normalized spacial score (nSPS) is 11.0. The van der Waals surface area contributed by atoms with Crippen LogP contribution in [0.25, 0.3) is 22.2 Å². The highest BCUT2D eigenvalue weighted by atomic mass is 16.5. The molecule has 0 spiro atoms. The predicted molar refractivity (Wildman–Crippen MR) is 132 cm³/mol. The van der Waals surface area contributed by atoms with E-state index < -0.39 is 0 Å². The number of carbonyl (C=O) groups is 1. The van der Waals surface area contributed by atoms with E-state index in [1.54, 1.807) is 9.69 Å². The lowest BCUT2D eigenvalue weighted by atomic mass is 10.1. The van der Waals surface area contributed by atoms with E-state index in [2.05, 4.69) is 15.3 Å². The Morgan fingerprint density at radius 1 is 1.09 bits per heavy atom. The van der Waals surface area contributed by atoms with Gasteiger partial charge in [-0.3, -0.25) is 4.79 Å². The van der Waals surface area contributed by atoms with Gasteiger partial charge in [0.1, 0.15) is 23.6 Å². The first-order valence-electron chi connectivity index (χ1n) is 11.1. The van der Waals surface area contributed by atoms with E-state index in [1.807, 2.05) is 60.8 Å². The van der Waals surface area contributed by atoms with Gasteiger partial charge in [0.25, 0.3) is 0 Å². The van der Waals surface area contributed by atoms with Gasteiger partial charge in [0, 0.05) is 31.8 Å². The summed E-state index contributed by atoms with van der Waals surface area (Å²) < 4.78 is 7.63. The molecule has 0 unspecified atom stereocenters. The Bertz CT molecular complexity index is 1240. The Hall–Kier alpha value is -3.95. The molecule has 0 aliphatic heterocycles. The van der Waals surface area contributed by atoms with Crippen molar-refractivity contribution in [2.45, 2.75) is 13.3 Å². The van der Waals surface area contributed by atoms with Crippen LogP contribution < -0.4 is 20.8 Å². The maximum absolute atomic E-state index is 12.5. The maximum atomic E-state index is 12.5. The highest BCUT2D eigenvalue weighted by Gasteiger charge is 2.20. The van der Waals surface area contributed by atoms with Gasteiger partial charge in [-0.1, -0.05) is 30.3 Å². The molecule has 0 radical (unpaired) electrons. The van der Waals surface area contributed by atoms with Crippen LogP contribution in [-0.4, -0.2) is 51.9 Å². The van der Waals surface area contributed by atoms with Gasteiger partial charge in [0.05, 0.1) is 11.9 Å². The lowest BCUT2D eigenvalue weighted by molar-refractivity contribution is -0.118. The Morgan fingerprint density at radius 2 is 1.82 bits per heavy atom. The number of nitrogens with one attached hydrogen (secondary N) is 1. The Balaban J connectivity index is 1.65. The minimum atomic E-state index is -0.129. The zero-order chi connectivity index (χ0) is 23.9. The van der Waals surface area contributed by atoms with E-state index in [-0.39, 0.29) is 12.5 Å². The van der Waals surface area contributed by atoms with Crippen LogP contribution in [0.15, 0.2) is 67.1 Å². The van der Waals surface area contributed by atoms with Gasteiger partial charge in [-0.25, -0.2) is 19.7 Å². The second-order valence-corrected chi connectivity index (χ2v) is 7.75. The Kier molecular flexibility index (Phi) is 7.36. The summed E-state index contributed by atoms with van der Waals surface area (Å²) in [6.07, 6.45) is 3.91. The fraction of sp³-hybridized carbons (Fsp3) is 0.240. The zero-order valence-corrected chi connectivity index (χ0v) is 19.0. The molecule has 0 aliphatic carbocycles. The van der Waals surface area contributed by atoms with Gasteiger partial charge in [0.2, 0.25) is 5.91 Å². The Morgan fingerprint density at radius 3 is 2.53 bits per heavy atom. The molecule has 4 N–H and O–H groups in total. The number of aromatic nitrogens is 3. The predicted octanol–water partition coefficient (Wildman–Crippen LogP) is 2.93. The molecule has 0 atom stereocenters. The third kappa shape index (κ3) is 5.16. The minimum Gasteiger partial charge on any atom is -0.457 e. The van der Waals surface area contributed by atoms with E-state index in [9.17, 15) is 4.79 Å². The van der Waals surface area contributed by atoms with Crippen LogP contribution in [0.3, 0.4) is 0 Å². The van der Waals surface area contributed by atoms with E-state index in [4.69, 9.17) is 15.6 Å². The molecule has 0 fully saturated rings. The fourth-order valence-corrected chi connectivity index (χ4v) is 3.73. The molecular weight excluding hydrogens is 432 g/mol. The number of hydrogen-bond donors (Lipinski definition) is 3. The topological polar surface area (TPSA) is 119 Å². The number of rotatable bonds is 10. The molecule has 176 valence electrons. The monoisotopic (exact) mass is 460 g/mol. The van der Waals surface area contributed by atoms with Crippen molar-refractivity contribution in [3.05, 3.63) is 67.1 Å². The minimum absolute atomic E-state index is 0.125. The maximum Gasteiger partial charge on any atom is 0.238 e. The van der Waals surface area contributed by atoms with Crippen LogP contribution in [0.2, 0.25) is 0 Å². The van der Waals surface area contributed by atoms with E-state index >= 15 is 0 Å². The molecule has 0 bridgehead atoms. The van der Waals surface area contributed by atoms with E-state index in [0.29, 0.717) is 48.7 Å². The van der Waals surface area contributed by atoms with Crippen LogP contribution >= 0.6 is 0 Å². The number of nitrogens with two attached hydrogens (primary N) is 1. The van der Waals surface area contributed by atoms with Crippen LogP contribution in [-0.2, 0) is 4.79 Å². The molecule has 0 saturated heterocycles. The van der Waals surface area contributed by atoms with Crippen molar-refractivity contribution in [3.63, 3.8) is 0 Å². The molecule has 9 nitrogen and oxygen atoms in total. The van der Waals surface area contributed by atoms with E-state index in [0.717, 1.165) is 16.9 Å². The van der Waals surface area contributed by atoms with Gasteiger partial charge in [0.15, 0.2) is 5.65 Å². The Labute approximate surface area is 197 Å². The number of hydrogen-bond acceptors (Lipinski definition) is 7. The number of ether oxygens (including phenoxy) is 1. The van der Waals surface area contributed by atoms with Crippen molar-refractivity contribution in [2.75, 3.05) is 37.0 Å². The van der Waals surface area contributed by atoms with Gasteiger partial charge < -0.3 is 20.9 Å². The van der Waals surface area contributed by atoms with Crippen molar-refractivity contribution in [3.8, 4) is 22.6 Å². The summed E-state index contributed by atoms with van der Waals surface area (Å²) in [7, 11) is 0. The molecule has 1 amide bonds. The number of amides is 1. The molecule has 9 heteroatoms. The first-order chi connectivity index (χ1) is 16.6. The average molecular weight is 461 g/mol. The van der Waals surface area contributed by atoms with Gasteiger partial charge in [-0.15, -0.1) is 0 Å². The quantitative estimate of drug-likeness (QED) is 0.311. The summed E-state index contributed by atoms with van der Waals surface area (Å²) in [6.45, 7) is 3.31. The second-order valence-electron chi connectivity index (χ2n) is 7.75. The fourth-order valence-electron chi connectivity index (χ4n) is 3.73. The molecule has 2 heterocycles. The number of carbonyl (C=O) groups excluding carboxylic acids is 1. The molecule has 4 rings (SSSR count). The number of anilines is 1. The van der Waals surface area contributed by atoms with Crippen molar-refractivity contribution < 1.29 is 14.6 Å². The van der Waals surface area contributed by atoms with Crippen molar-refractivity contribution in [2.24, 2.45) is 0 Å². The highest BCUT2D eigenvalue weighted by Crippen LogP contribution is 2.34. The third-order valence-corrected chi connectivity index (χ3v) is 5.37. The van der Waals surface area contributed by atoms with Gasteiger partial charge >= 0.3 is 0 Å². The lowest BCUT2D eigenvalue weighted by Crippen LogP contribution is -2.43. The smallest absolute Gasteiger partial charge is 0.238 e. The molecule has 2 aromatic heterocycles. The van der Waals surface area contributed by atoms with Crippen molar-refractivity contribution in [1.29, 1.82) is 0 Å². The van der Waals surface area contributed by atoms with Crippen molar-refractivity contribution >= 4 is 22.8 Å². The number of aliphatic hydroxyl groups excluding tert-OH is 1. The first-order valence-corrected chi connectivity index (χ1v) is 11.1. The number of nitrogen functional groups attached to an aromatic ring is 1. The molecule has 34 heavy (non-hydrogen) atoms. The number of para-hydroxylation sites is 1. The van der Waals surface area contributed by atoms with Gasteiger partial charge in [-0.2, -0.15) is 0 Å². The summed E-state index contributed by atoms with van der Waals surface area (Å²) in [6, 6.07) is 17.2. The second kappa shape index (κ2) is 10.8. The SMILES string of the molecule is CC(=O)N(CCNCCCO)n1cc(-c2ccc(Oc3ccccc3)cc2)c2c(N)ncnc21. The van der Waals surface area contributed by atoms with E-state index in [1.165, 1.54) is 13.3 Å². The number of aliphatic hydroxyl groups is 1. The highest BCUT2D eigenvalue weighted by molar-refractivity contribution is 6.01. The molecule has 0 aliphatic rings. The van der Waals surface area contributed by atoms with Crippen LogP contribution in [0.4, 0.5) is 5.82 Å². The van der Waals surface area contributed by atoms with Crippen molar-refractivity contribution in [1.82, 2.24) is 20.0 Å². The summed E-state index contributed by atoms with van der Waals surface area (Å²) in [5.74, 6) is 1.68. The lowest BCUT2D eigenvalue weighted by Gasteiger charge is -2.23. The molecule has 4 aromatic rings. The summed E-state index contributed by atoms with van der Waals surface area (Å²) in [5, 5.41) is 14.5. The van der Waals surface area contributed by atoms with Crippen LogP contribution in [0.1, 0.15) is 13.3 Å². The summed E-state index contributed by atoms with van der Waals surface area (Å²) in [4.78, 5) is 21.1.